The number of hydrogen-bond donors (Lipinski definition) is 0. The van der Waals surface area contributed by atoms with Crippen molar-refractivity contribution in [3.63, 3.8) is 0 Å². The Kier molecular flexibility index (Phi) is 8.90. The van der Waals surface area contributed by atoms with Gasteiger partial charge < -0.3 is 4.74 Å². The first-order chi connectivity index (χ1) is 10.9. The molecule has 0 aliphatic heterocycles. The van der Waals surface area contributed by atoms with E-state index in [9.17, 15) is 10.1 Å². The van der Waals surface area contributed by atoms with Crippen molar-refractivity contribution in [3.05, 3.63) is 39.2 Å². The topological polar surface area (TPSA) is 80.9 Å². The van der Waals surface area contributed by atoms with E-state index >= 15 is 0 Å². The van der Waals surface area contributed by atoms with E-state index in [-0.39, 0.29) is 5.23 Å². The fourth-order valence-electron chi connectivity index (χ4n) is 1.97. The van der Waals surface area contributed by atoms with Crippen molar-refractivity contribution >= 4 is 28.6 Å². The predicted octanol–water partition coefficient (Wildman–Crippen LogP) is 3.12. The molecular formula is C14H21ClN4O3S. The third kappa shape index (κ3) is 8.73. The van der Waals surface area contributed by atoms with Crippen molar-refractivity contribution in [2.45, 2.75) is 20.4 Å². The van der Waals surface area contributed by atoms with Gasteiger partial charge in [-0.2, -0.15) is 0 Å². The van der Waals surface area contributed by atoms with Crippen molar-refractivity contribution in [2.75, 3.05) is 26.0 Å². The minimum absolute atomic E-state index is 0.0626. The van der Waals surface area contributed by atoms with Gasteiger partial charge in [-0.25, -0.2) is 15.1 Å². The van der Waals surface area contributed by atoms with Crippen molar-refractivity contribution in [1.29, 1.82) is 0 Å². The molecule has 0 amide bonds. The summed E-state index contributed by atoms with van der Waals surface area (Å²) >= 11 is 7.02. The Morgan fingerprint density at radius 2 is 2.30 bits per heavy atom. The molecule has 9 heteroatoms. The Bertz CT molecular complexity index is 525. The van der Waals surface area contributed by atoms with Crippen LogP contribution in [-0.2, 0) is 11.3 Å². The zero-order valence-corrected chi connectivity index (χ0v) is 15.0. The highest BCUT2D eigenvalue weighted by Crippen LogP contribution is 2.12. The van der Waals surface area contributed by atoms with Crippen LogP contribution in [0.25, 0.3) is 0 Å². The molecule has 0 bridgehead atoms. The van der Waals surface area contributed by atoms with E-state index in [1.165, 1.54) is 18.9 Å². The molecule has 0 atom stereocenters. The van der Waals surface area contributed by atoms with E-state index in [0.717, 1.165) is 25.2 Å². The van der Waals surface area contributed by atoms with Gasteiger partial charge in [-0.05, 0) is 17.5 Å². The molecule has 0 fully saturated rings. The van der Waals surface area contributed by atoms with Gasteiger partial charge in [0.15, 0.2) is 5.03 Å². The number of rotatable bonds is 8. The Morgan fingerprint density at radius 1 is 1.57 bits per heavy atom. The third-order valence-electron chi connectivity index (χ3n) is 2.79. The van der Waals surface area contributed by atoms with Gasteiger partial charge in [0.2, 0.25) is 0 Å². The molecule has 0 saturated heterocycles. The highest BCUT2D eigenvalue weighted by molar-refractivity contribution is 8.13. The van der Waals surface area contributed by atoms with Gasteiger partial charge in [0, 0.05) is 31.6 Å². The number of methoxy groups -OCH3 is 1. The van der Waals surface area contributed by atoms with E-state index in [0.29, 0.717) is 16.8 Å². The first-order valence-corrected chi connectivity index (χ1v) is 8.49. The largest absolute Gasteiger partial charge is 0.472 e. The first kappa shape index (κ1) is 19.7. The number of hydrazone groups is 1. The number of pyridine rings is 1. The summed E-state index contributed by atoms with van der Waals surface area (Å²) in [5.41, 5.74) is 1.07. The lowest BCUT2D eigenvalue weighted by molar-refractivity contribution is -0.485. The number of nitrogens with zero attached hydrogens (tertiary/aromatic N) is 4. The quantitative estimate of drug-likeness (QED) is 0.233. The number of ether oxygens (including phenoxy) is 1. The molecule has 1 aromatic rings. The van der Waals surface area contributed by atoms with Gasteiger partial charge in [-0.15, -0.1) is 0 Å². The fraction of sp³-hybridized carbons (Fsp3) is 0.571. The Labute approximate surface area is 145 Å². The molecule has 0 aromatic carbocycles. The molecule has 128 valence electrons. The van der Waals surface area contributed by atoms with Crippen LogP contribution < -0.4 is 0 Å². The number of nitro groups is 1. The summed E-state index contributed by atoms with van der Waals surface area (Å²) in [6, 6.07) is 3.72. The van der Waals surface area contributed by atoms with Crippen LogP contribution in [0.2, 0.25) is 5.15 Å². The van der Waals surface area contributed by atoms with Crippen LogP contribution in [0.15, 0.2) is 23.4 Å². The van der Waals surface area contributed by atoms with Crippen molar-refractivity contribution in [2.24, 2.45) is 11.0 Å². The second kappa shape index (κ2) is 10.4. The second-order valence-corrected chi connectivity index (χ2v) is 6.71. The minimum atomic E-state index is -0.753. The molecule has 1 heterocycles. The van der Waals surface area contributed by atoms with E-state index in [1.54, 1.807) is 12.3 Å². The molecule has 0 spiro atoms. The highest BCUT2D eigenvalue weighted by Gasteiger charge is 2.11. The Balaban J connectivity index is 2.57. The van der Waals surface area contributed by atoms with E-state index in [2.05, 4.69) is 28.8 Å². The Hall–Kier alpha value is -1.38. The summed E-state index contributed by atoms with van der Waals surface area (Å²) in [5, 5.41) is 13.3. The first-order valence-electron chi connectivity index (χ1n) is 7.13. The van der Waals surface area contributed by atoms with Gasteiger partial charge in [0.1, 0.15) is 10.3 Å². The SMILES string of the molecule is CO/C(=N\[N+](=O)[O-])SCCN(Cc1ccc(Cl)nc1)CC(C)C. The van der Waals surface area contributed by atoms with Crippen molar-refractivity contribution in [3.8, 4) is 0 Å². The van der Waals surface area contributed by atoms with Crippen LogP contribution in [-0.4, -0.2) is 46.1 Å². The van der Waals surface area contributed by atoms with Gasteiger partial charge in [0.25, 0.3) is 0 Å². The lowest BCUT2D eigenvalue weighted by atomic mass is 10.2. The summed E-state index contributed by atoms with van der Waals surface area (Å²) in [6.45, 7) is 6.71. The maximum Gasteiger partial charge on any atom is 0.321 e. The fourth-order valence-corrected chi connectivity index (χ4v) is 2.84. The smallest absolute Gasteiger partial charge is 0.321 e. The standard InChI is InChI=1S/C14H21ClN4O3S/c1-11(2)9-18(10-12-4-5-13(15)16-8-12)6-7-23-14(22-3)17-19(20)21/h4-5,8,11H,6-7,9-10H2,1-3H3/b17-14+. The van der Waals surface area contributed by atoms with Crippen LogP contribution in [0.5, 0.6) is 0 Å². The molecule has 1 rings (SSSR count). The zero-order chi connectivity index (χ0) is 17.2. The molecule has 1 aromatic heterocycles. The zero-order valence-electron chi connectivity index (χ0n) is 13.4. The maximum atomic E-state index is 10.4. The summed E-state index contributed by atoms with van der Waals surface area (Å²) < 4.78 is 4.88. The van der Waals surface area contributed by atoms with Crippen LogP contribution in [0.4, 0.5) is 0 Å². The van der Waals surface area contributed by atoms with Gasteiger partial charge in [0.05, 0.1) is 7.11 Å². The predicted molar refractivity (Wildman–Crippen MR) is 93.3 cm³/mol. The number of thioether (sulfide) groups is 1. The highest BCUT2D eigenvalue weighted by atomic mass is 35.5. The second-order valence-electron chi connectivity index (χ2n) is 5.27. The molecule has 0 saturated carbocycles. The summed E-state index contributed by atoms with van der Waals surface area (Å²) in [6.07, 6.45) is 1.76. The molecule has 0 aliphatic rings. The van der Waals surface area contributed by atoms with E-state index < -0.39 is 5.03 Å². The van der Waals surface area contributed by atoms with E-state index in [4.69, 9.17) is 16.3 Å². The molecule has 0 N–H and O–H groups in total. The molecule has 23 heavy (non-hydrogen) atoms. The average molecular weight is 361 g/mol. The van der Waals surface area contributed by atoms with Crippen LogP contribution in [0.1, 0.15) is 19.4 Å². The van der Waals surface area contributed by atoms with Gasteiger partial charge in [-0.1, -0.05) is 43.3 Å². The third-order valence-corrected chi connectivity index (χ3v) is 3.89. The lowest BCUT2D eigenvalue weighted by Gasteiger charge is -2.24. The number of halogens is 1. The lowest BCUT2D eigenvalue weighted by Crippen LogP contribution is -2.30. The number of aromatic nitrogens is 1. The molecule has 7 nitrogen and oxygen atoms in total. The van der Waals surface area contributed by atoms with Crippen LogP contribution in [0, 0.1) is 16.0 Å². The summed E-state index contributed by atoms with van der Waals surface area (Å²) in [5.74, 6) is 1.16. The Morgan fingerprint density at radius 3 is 2.83 bits per heavy atom. The van der Waals surface area contributed by atoms with Gasteiger partial charge in [-0.3, -0.25) is 4.90 Å². The average Bonchev–Trinajstić information content (AvgIpc) is 2.47. The molecule has 0 aliphatic carbocycles. The normalized spacial score (nSPS) is 12.0. The molecular weight excluding hydrogens is 340 g/mol. The van der Waals surface area contributed by atoms with Crippen molar-refractivity contribution in [1.82, 2.24) is 9.88 Å². The maximum absolute atomic E-state index is 10.4. The summed E-state index contributed by atoms with van der Waals surface area (Å²) in [4.78, 5) is 16.7. The summed E-state index contributed by atoms with van der Waals surface area (Å²) in [7, 11) is 1.38. The molecule has 0 unspecified atom stereocenters. The molecule has 0 radical (unpaired) electrons. The van der Waals surface area contributed by atoms with Crippen LogP contribution in [0.3, 0.4) is 0 Å². The monoisotopic (exact) mass is 360 g/mol. The van der Waals surface area contributed by atoms with E-state index in [1.807, 2.05) is 6.07 Å². The van der Waals surface area contributed by atoms with Crippen LogP contribution >= 0.6 is 23.4 Å². The number of hydrogen-bond acceptors (Lipinski definition) is 6. The van der Waals surface area contributed by atoms with Crippen molar-refractivity contribution < 1.29 is 9.77 Å². The minimum Gasteiger partial charge on any atom is -0.472 e. The van der Waals surface area contributed by atoms with Gasteiger partial charge >= 0.3 is 5.23 Å².